The van der Waals surface area contributed by atoms with Gasteiger partial charge in [0, 0.05) is 23.8 Å². The number of benzene rings is 1. The van der Waals surface area contributed by atoms with Gasteiger partial charge in [-0.3, -0.25) is 0 Å². The first-order chi connectivity index (χ1) is 6.63. The summed E-state index contributed by atoms with van der Waals surface area (Å²) in [6.07, 6.45) is -0.695. The van der Waals surface area contributed by atoms with Gasteiger partial charge in [0.05, 0.1) is 12.7 Å². The first-order valence-corrected chi connectivity index (χ1v) is 5.18. The molecule has 2 N–H and O–H groups in total. The van der Waals surface area contributed by atoms with Crippen molar-refractivity contribution in [2.24, 2.45) is 0 Å². The largest absolute Gasteiger partial charge is 0.394 e. The summed E-state index contributed by atoms with van der Waals surface area (Å²) in [5.41, 5.74) is 1.01. The number of hydrogen-bond donors (Lipinski definition) is 2. The summed E-state index contributed by atoms with van der Waals surface area (Å²) in [6.45, 7) is 0.214. The van der Waals surface area contributed by atoms with Gasteiger partial charge in [-0.25, -0.2) is 0 Å². The van der Waals surface area contributed by atoms with Crippen molar-refractivity contribution >= 4 is 21.6 Å². The summed E-state index contributed by atoms with van der Waals surface area (Å²) in [4.78, 5) is 1.89. The van der Waals surface area contributed by atoms with Crippen LogP contribution in [0.1, 0.15) is 0 Å². The second kappa shape index (κ2) is 5.34. The van der Waals surface area contributed by atoms with E-state index in [2.05, 4.69) is 15.9 Å². The lowest BCUT2D eigenvalue weighted by Gasteiger charge is -2.21. The molecule has 78 valence electrons. The minimum Gasteiger partial charge on any atom is -0.394 e. The molecule has 0 aliphatic heterocycles. The minimum atomic E-state index is -0.695. The van der Waals surface area contributed by atoms with Gasteiger partial charge in [-0.1, -0.05) is 22.0 Å². The maximum Gasteiger partial charge on any atom is 0.0945 e. The van der Waals surface area contributed by atoms with E-state index in [4.69, 9.17) is 5.11 Å². The number of halogens is 1. The third kappa shape index (κ3) is 3.29. The van der Waals surface area contributed by atoms with Crippen LogP contribution >= 0.6 is 15.9 Å². The first-order valence-electron chi connectivity index (χ1n) is 4.39. The number of rotatable bonds is 4. The number of nitrogens with zero attached hydrogens (tertiary/aromatic N) is 1. The molecule has 0 aromatic heterocycles. The molecule has 0 amide bonds. The molecular formula is C10H14BrNO2. The van der Waals surface area contributed by atoms with E-state index >= 15 is 0 Å². The van der Waals surface area contributed by atoms with Crippen molar-refractivity contribution in [1.82, 2.24) is 0 Å². The third-order valence-corrected chi connectivity index (χ3v) is 2.44. The molecule has 0 saturated carbocycles. The van der Waals surface area contributed by atoms with Gasteiger partial charge in [0.25, 0.3) is 0 Å². The molecule has 1 aromatic carbocycles. The maximum atomic E-state index is 9.26. The lowest BCUT2D eigenvalue weighted by molar-refractivity contribution is 0.101. The molecule has 1 rings (SSSR count). The molecule has 0 aliphatic rings. The SMILES string of the molecule is CN(CC(O)CO)c1cccc(Br)c1. The zero-order valence-corrected chi connectivity index (χ0v) is 9.61. The fourth-order valence-electron chi connectivity index (χ4n) is 1.19. The molecule has 0 aliphatic carbocycles. The van der Waals surface area contributed by atoms with Crippen molar-refractivity contribution in [3.63, 3.8) is 0 Å². The third-order valence-electron chi connectivity index (χ3n) is 1.94. The highest BCUT2D eigenvalue weighted by atomic mass is 79.9. The summed E-state index contributed by atoms with van der Waals surface area (Å²) in [7, 11) is 1.88. The van der Waals surface area contributed by atoms with E-state index in [1.807, 2.05) is 36.2 Å². The van der Waals surface area contributed by atoms with Crippen molar-refractivity contribution in [3.05, 3.63) is 28.7 Å². The van der Waals surface area contributed by atoms with E-state index in [-0.39, 0.29) is 6.61 Å². The smallest absolute Gasteiger partial charge is 0.0945 e. The standard InChI is InChI=1S/C10H14BrNO2/c1-12(6-10(14)7-13)9-4-2-3-8(11)5-9/h2-5,10,13-14H,6-7H2,1H3. The summed E-state index contributed by atoms with van der Waals surface area (Å²) in [5, 5.41) is 18.0. The quantitative estimate of drug-likeness (QED) is 0.856. The Balaban J connectivity index is 2.64. The monoisotopic (exact) mass is 259 g/mol. The summed E-state index contributed by atoms with van der Waals surface area (Å²) in [6, 6.07) is 7.79. The van der Waals surface area contributed by atoms with Crippen molar-refractivity contribution in [3.8, 4) is 0 Å². The molecule has 1 aromatic rings. The second-order valence-corrected chi connectivity index (χ2v) is 4.11. The van der Waals surface area contributed by atoms with Crippen LogP contribution in [0.25, 0.3) is 0 Å². The van der Waals surface area contributed by atoms with Crippen LogP contribution < -0.4 is 4.90 Å². The van der Waals surface area contributed by atoms with Gasteiger partial charge in [0.1, 0.15) is 0 Å². The summed E-state index contributed by atoms with van der Waals surface area (Å²) < 4.78 is 1.00. The molecule has 0 bridgehead atoms. The van der Waals surface area contributed by atoms with Crippen molar-refractivity contribution < 1.29 is 10.2 Å². The molecule has 1 atom stereocenters. The Bertz CT molecular complexity index is 293. The van der Waals surface area contributed by atoms with E-state index < -0.39 is 6.10 Å². The highest BCUT2D eigenvalue weighted by Gasteiger charge is 2.07. The van der Waals surface area contributed by atoms with Crippen LogP contribution in [0.15, 0.2) is 28.7 Å². The van der Waals surface area contributed by atoms with Gasteiger partial charge in [-0.2, -0.15) is 0 Å². The molecule has 0 saturated heterocycles. The molecular weight excluding hydrogens is 246 g/mol. The van der Waals surface area contributed by atoms with Crippen molar-refractivity contribution in [2.75, 3.05) is 25.1 Å². The predicted molar refractivity (Wildman–Crippen MR) is 60.5 cm³/mol. The number of aliphatic hydroxyl groups is 2. The van der Waals surface area contributed by atoms with Gasteiger partial charge in [0.15, 0.2) is 0 Å². The Labute approximate surface area is 92.1 Å². The molecule has 0 fully saturated rings. The maximum absolute atomic E-state index is 9.26. The zero-order valence-electron chi connectivity index (χ0n) is 8.02. The van der Waals surface area contributed by atoms with Gasteiger partial charge in [0.2, 0.25) is 0 Å². The normalized spacial score (nSPS) is 12.6. The van der Waals surface area contributed by atoms with Crippen LogP contribution in [-0.2, 0) is 0 Å². The molecule has 4 heteroatoms. The van der Waals surface area contributed by atoms with E-state index in [0.717, 1.165) is 10.2 Å². The van der Waals surface area contributed by atoms with E-state index in [1.54, 1.807) is 0 Å². The second-order valence-electron chi connectivity index (χ2n) is 3.20. The molecule has 0 heterocycles. The summed E-state index contributed by atoms with van der Waals surface area (Å²) >= 11 is 3.38. The van der Waals surface area contributed by atoms with Gasteiger partial charge in [-0.05, 0) is 18.2 Å². The van der Waals surface area contributed by atoms with Crippen molar-refractivity contribution in [2.45, 2.75) is 6.10 Å². The van der Waals surface area contributed by atoms with Crippen LogP contribution in [-0.4, -0.2) is 36.5 Å². The van der Waals surface area contributed by atoms with Crippen LogP contribution in [0.3, 0.4) is 0 Å². The number of aliphatic hydroxyl groups excluding tert-OH is 2. The Hall–Kier alpha value is -0.580. The topological polar surface area (TPSA) is 43.7 Å². The molecule has 3 nitrogen and oxygen atoms in total. The molecule has 0 radical (unpaired) electrons. The highest BCUT2D eigenvalue weighted by Crippen LogP contribution is 2.18. The Kier molecular flexibility index (Phi) is 4.38. The zero-order chi connectivity index (χ0) is 10.6. The average Bonchev–Trinajstić information content (AvgIpc) is 2.17. The average molecular weight is 260 g/mol. The lowest BCUT2D eigenvalue weighted by Crippen LogP contribution is -2.31. The van der Waals surface area contributed by atoms with Crippen molar-refractivity contribution in [1.29, 1.82) is 0 Å². The molecule has 0 spiro atoms. The van der Waals surface area contributed by atoms with Crippen LogP contribution in [0, 0.1) is 0 Å². The Morgan fingerprint density at radius 1 is 1.50 bits per heavy atom. The predicted octanol–water partition coefficient (Wildman–Crippen LogP) is 1.24. The van der Waals surface area contributed by atoms with Crippen LogP contribution in [0.5, 0.6) is 0 Å². The van der Waals surface area contributed by atoms with Crippen LogP contribution in [0.2, 0.25) is 0 Å². The fraction of sp³-hybridized carbons (Fsp3) is 0.400. The number of likely N-dealkylation sites (N-methyl/N-ethyl adjacent to an activating group) is 1. The Morgan fingerprint density at radius 2 is 2.21 bits per heavy atom. The lowest BCUT2D eigenvalue weighted by atomic mass is 10.2. The highest BCUT2D eigenvalue weighted by molar-refractivity contribution is 9.10. The van der Waals surface area contributed by atoms with Gasteiger partial charge >= 0.3 is 0 Å². The first kappa shape index (κ1) is 11.5. The fourth-order valence-corrected chi connectivity index (χ4v) is 1.58. The number of hydrogen-bond acceptors (Lipinski definition) is 3. The molecule has 14 heavy (non-hydrogen) atoms. The van der Waals surface area contributed by atoms with Gasteiger partial charge < -0.3 is 15.1 Å². The number of anilines is 1. The van der Waals surface area contributed by atoms with E-state index in [9.17, 15) is 5.11 Å². The van der Waals surface area contributed by atoms with E-state index in [1.165, 1.54) is 0 Å². The Morgan fingerprint density at radius 3 is 2.79 bits per heavy atom. The summed E-state index contributed by atoms with van der Waals surface area (Å²) in [5.74, 6) is 0. The van der Waals surface area contributed by atoms with E-state index in [0.29, 0.717) is 6.54 Å². The minimum absolute atomic E-state index is 0.210. The molecule has 1 unspecified atom stereocenters. The van der Waals surface area contributed by atoms with Crippen LogP contribution in [0.4, 0.5) is 5.69 Å². The van der Waals surface area contributed by atoms with Gasteiger partial charge in [-0.15, -0.1) is 0 Å².